The summed E-state index contributed by atoms with van der Waals surface area (Å²) in [6.07, 6.45) is 0.131. The van der Waals surface area contributed by atoms with Crippen molar-refractivity contribution >= 4 is 17.3 Å². The van der Waals surface area contributed by atoms with Gasteiger partial charge in [-0.1, -0.05) is 0 Å². The van der Waals surface area contributed by atoms with Gasteiger partial charge >= 0.3 is 5.69 Å². The Kier molecular flexibility index (Phi) is 4.22. The molecule has 7 heteroatoms. The predicted molar refractivity (Wildman–Crippen MR) is 64.7 cm³/mol. The fraction of sp³-hybridized carbons (Fsp3) is 0.500. The quantitative estimate of drug-likeness (QED) is 0.525. The van der Waals surface area contributed by atoms with Gasteiger partial charge in [-0.15, -0.1) is 0 Å². The summed E-state index contributed by atoms with van der Waals surface area (Å²) in [4.78, 5) is 13.8. The van der Waals surface area contributed by atoms with E-state index in [2.05, 4.69) is 10.3 Å². The Balaban J connectivity index is 2.74. The molecule has 1 aromatic rings. The summed E-state index contributed by atoms with van der Waals surface area (Å²) >= 11 is 0. The Labute approximate surface area is 98.8 Å². The molecule has 2 unspecified atom stereocenters. The molecule has 1 rings (SSSR count). The van der Waals surface area contributed by atoms with Crippen molar-refractivity contribution in [3.05, 3.63) is 22.2 Å². The van der Waals surface area contributed by atoms with Gasteiger partial charge in [-0.3, -0.25) is 10.1 Å². The Morgan fingerprint density at radius 3 is 2.71 bits per heavy atom. The number of pyridine rings is 1. The van der Waals surface area contributed by atoms with Crippen molar-refractivity contribution < 1.29 is 10.0 Å². The highest BCUT2D eigenvalue weighted by atomic mass is 16.6. The van der Waals surface area contributed by atoms with E-state index < -0.39 is 11.0 Å². The number of anilines is 2. The molecule has 0 aliphatic carbocycles. The Morgan fingerprint density at radius 2 is 2.24 bits per heavy atom. The Hall–Kier alpha value is -1.89. The number of rotatable bonds is 5. The molecule has 0 fully saturated rings. The zero-order valence-electron chi connectivity index (χ0n) is 9.75. The van der Waals surface area contributed by atoms with E-state index in [0.29, 0.717) is 12.2 Å². The molecule has 1 heterocycles. The molecule has 0 aliphatic rings. The summed E-state index contributed by atoms with van der Waals surface area (Å²) < 4.78 is 0. The largest absolute Gasteiger partial charge is 0.393 e. The highest BCUT2D eigenvalue weighted by Gasteiger charge is 2.14. The third-order valence-electron chi connectivity index (χ3n) is 2.19. The molecule has 0 saturated carbocycles. The average molecular weight is 240 g/mol. The Bertz CT molecular complexity index is 409. The summed E-state index contributed by atoms with van der Waals surface area (Å²) in [5.41, 5.74) is 5.25. The van der Waals surface area contributed by atoms with Gasteiger partial charge in [0, 0.05) is 12.1 Å². The van der Waals surface area contributed by atoms with Crippen molar-refractivity contribution in [3.8, 4) is 0 Å². The molecular formula is C10H16N4O3. The number of aliphatic hydroxyl groups is 1. The van der Waals surface area contributed by atoms with Gasteiger partial charge in [-0.2, -0.15) is 0 Å². The van der Waals surface area contributed by atoms with Gasteiger partial charge in [0.25, 0.3) is 0 Å². The molecule has 2 atom stereocenters. The second-order valence-corrected chi connectivity index (χ2v) is 3.99. The van der Waals surface area contributed by atoms with Crippen molar-refractivity contribution in [1.82, 2.24) is 4.98 Å². The predicted octanol–water partition coefficient (Wildman–Crippen LogP) is 1.14. The second-order valence-electron chi connectivity index (χ2n) is 3.99. The molecule has 1 aromatic heterocycles. The van der Waals surface area contributed by atoms with Crippen molar-refractivity contribution in [1.29, 1.82) is 0 Å². The first-order valence-electron chi connectivity index (χ1n) is 5.25. The van der Waals surface area contributed by atoms with Gasteiger partial charge < -0.3 is 16.2 Å². The zero-order valence-corrected chi connectivity index (χ0v) is 9.75. The summed E-state index contributed by atoms with van der Waals surface area (Å²) in [6.45, 7) is 3.57. The molecule has 0 aromatic carbocycles. The molecular weight excluding hydrogens is 224 g/mol. The number of nitrogens with one attached hydrogen (secondary N) is 1. The van der Waals surface area contributed by atoms with Crippen LogP contribution < -0.4 is 11.1 Å². The van der Waals surface area contributed by atoms with E-state index in [1.165, 1.54) is 12.1 Å². The number of hydrogen-bond donors (Lipinski definition) is 3. The molecule has 17 heavy (non-hydrogen) atoms. The average Bonchev–Trinajstić information content (AvgIpc) is 2.15. The van der Waals surface area contributed by atoms with Crippen molar-refractivity contribution in [2.24, 2.45) is 0 Å². The zero-order chi connectivity index (χ0) is 13.0. The van der Waals surface area contributed by atoms with Crippen LogP contribution >= 0.6 is 0 Å². The van der Waals surface area contributed by atoms with E-state index in [9.17, 15) is 15.2 Å². The third kappa shape index (κ3) is 3.87. The number of nitrogen functional groups attached to an aromatic ring is 1. The number of aliphatic hydroxyl groups excluding tert-OH is 1. The maximum absolute atomic E-state index is 10.5. The lowest BCUT2D eigenvalue weighted by Crippen LogP contribution is -2.21. The fourth-order valence-electron chi connectivity index (χ4n) is 1.53. The smallest absolute Gasteiger partial charge is 0.311 e. The number of nitro groups is 1. The summed E-state index contributed by atoms with van der Waals surface area (Å²) in [5.74, 6) is 0.338. The van der Waals surface area contributed by atoms with E-state index in [1.54, 1.807) is 6.92 Å². The van der Waals surface area contributed by atoms with Crippen LogP contribution in [0.3, 0.4) is 0 Å². The molecule has 0 radical (unpaired) electrons. The molecule has 0 bridgehead atoms. The van der Waals surface area contributed by atoms with Crippen LogP contribution in [0, 0.1) is 10.1 Å². The van der Waals surface area contributed by atoms with Gasteiger partial charge in [0.2, 0.25) is 5.82 Å². The normalized spacial score (nSPS) is 14.1. The van der Waals surface area contributed by atoms with Crippen LogP contribution in [0.5, 0.6) is 0 Å². The van der Waals surface area contributed by atoms with Crippen LogP contribution in [-0.2, 0) is 0 Å². The number of aromatic nitrogens is 1. The topological polar surface area (TPSA) is 114 Å². The van der Waals surface area contributed by atoms with Gasteiger partial charge in [0.15, 0.2) is 0 Å². The maximum atomic E-state index is 10.5. The lowest BCUT2D eigenvalue weighted by molar-refractivity contribution is -0.384. The summed E-state index contributed by atoms with van der Waals surface area (Å²) in [6, 6.07) is 2.80. The van der Waals surface area contributed by atoms with Gasteiger partial charge in [0.05, 0.1) is 11.0 Å². The van der Waals surface area contributed by atoms with Crippen LogP contribution in [0.25, 0.3) is 0 Å². The monoisotopic (exact) mass is 240 g/mol. The molecule has 7 nitrogen and oxygen atoms in total. The van der Waals surface area contributed by atoms with Crippen molar-refractivity contribution in [2.75, 3.05) is 11.1 Å². The lowest BCUT2D eigenvalue weighted by Gasteiger charge is -2.15. The first-order chi connectivity index (χ1) is 7.90. The Morgan fingerprint density at radius 1 is 1.59 bits per heavy atom. The van der Waals surface area contributed by atoms with E-state index in [0.717, 1.165) is 0 Å². The second kappa shape index (κ2) is 5.44. The highest BCUT2D eigenvalue weighted by Crippen LogP contribution is 2.21. The first kappa shape index (κ1) is 13.2. The van der Waals surface area contributed by atoms with Crippen LogP contribution in [0.1, 0.15) is 20.3 Å². The number of nitrogens with two attached hydrogens (primary N) is 1. The van der Waals surface area contributed by atoms with Gasteiger partial charge in [-0.05, 0) is 26.3 Å². The third-order valence-corrected chi connectivity index (χ3v) is 2.19. The number of hydrogen-bond acceptors (Lipinski definition) is 6. The molecule has 0 saturated heterocycles. The van der Waals surface area contributed by atoms with Crippen molar-refractivity contribution in [3.63, 3.8) is 0 Å². The summed E-state index contributed by atoms with van der Waals surface area (Å²) in [7, 11) is 0. The van der Waals surface area contributed by atoms with E-state index in [1.807, 2.05) is 6.92 Å². The van der Waals surface area contributed by atoms with Gasteiger partial charge in [-0.25, -0.2) is 4.98 Å². The molecule has 0 aliphatic heterocycles. The molecule has 4 N–H and O–H groups in total. The molecule has 0 spiro atoms. The maximum Gasteiger partial charge on any atom is 0.311 e. The van der Waals surface area contributed by atoms with E-state index in [-0.39, 0.29) is 17.5 Å². The highest BCUT2D eigenvalue weighted by molar-refractivity contribution is 5.57. The van der Waals surface area contributed by atoms with Crippen LogP contribution in [0.4, 0.5) is 17.3 Å². The minimum Gasteiger partial charge on any atom is -0.393 e. The van der Waals surface area contributed by atoms with Crippen LogP contribution in [0.2, 0.25) is 0 Å². The standard InChI is InChI=1S/C10H16N4O3/c1-6(5-7(2)15)12-9-4-3-8(14(16)17)10(11)13-9/h3-4,6-7,15H,5H2,1-2H3,(H3,11,12,13). The lowest BCUT2D eigenvalue weighted by atomic mass is 10.1. The molecule has 0 amide bonds. The van der Waals surface area contributed by atoms with Crippen LogP contribution in [0.15, 0.2) is 12.1 Å². The van der Waals surface area contributed by atoms with Gasteiger partial charge in [0.1, 0.15) is 5.82 Å². The minimum absolute atomic E-state index is 0.00311. The van der Waals surface area contributed by atoms with E-state index >= 15 is 0 Å². The number of nitrogens with zero attached hydrogens (tertiary/aromatic N) is 2. The minimum atomic E-state index is -0.578. The summed E-state index contributed by atoms with van der Waals surface area (Å²) in [5, 5.41) is 22.7. The molecule has 94 valence electrons. The van der Waals surface area contributed by atoms with Crippen molar-refractivity contribution in [2.45, 2.75) is 32.4 Å². The van der Waals surface area contributed by atoms with E-state index in [4.69, 9.17) is 5.73 Å². The first-order valence-corrected chi connectivity index (χ1v) is 5.25. The SMILES string of the molecule is CC(O)CC(C)Nc1ccc([N+](=O)[O-])c(N)n1. The fourth-order valence-corrected chi connectivity index (χ4v) is 1.53. The van der Waals surface area contributed by atoms with Crippen LogP contribution in [-0.4, -0.2) is 27.2 Å².